The van der Waals surface area contributed by atoms with Crippen LogP contribution in [0.4, 0.5) is 0 Å². The lowest BCUT2D eigenvalue weighted by molar-refractivity contribution is 0.252. The van der Waals surface area contributed by atoms with Crippen LogP contribution in [-0.2, 0) is 6.54 Å². The summed E-state index contributed by atoms with van der Waals surface area (Å²) in [4.78, 5) is 2.38. The molecular formula is C13H17NO. The summed E-state index contributed by atoms with van der Waals surface area (Å²) in [6, 6.07) is 10.5. The van der Waals surface area contributed by atoms with Crippen molar-refractivity contribution in [2.75, 3.05) is 19.7 Å². The lowest BCUT2D eigenvalue weighted by atomic mass is 10.1. The SMILES string of the molecule is OCC1=CCCN(Cc2ccccc2)C1. The molecule has 1 heterocycles. The Morgan fingerprint density at radius 3 is 2.73 bits per heavy atom. The third kappa shape index (κ3) is 2.91. The third-order valence-electron chi connectivity index (χ3n) is 2.76. The van der Waals surface area contributed by atoms with E-state index in [1.165, 1.54) is 5.56 Å². The predicted octanol–water partition coefficient (Wildman–Crippen LogP) is 1.81. The van der Waals surface area contributed by atoms with Crippen LogP contribution < -0.4 is 0 Å². The molecule has 1 aromatic rings. The van der Waals surface area contributed by atoms with Crippen LogP contribution in [0.25, 0.3) is 0 Å². The summed E-state index contributed by atoms with van der Waals surface area (Å²) in [5, 5.41) is 9.08. The van der Waals surface area contributed by atoms with Crippen LogP contribution in [0.15, 0.2) is 42.0 Å². The van der Waals surface area contributed by atoms with Gasteiger partial charge in [-0.1, -0.05) is 36.4 Å². The highest BCUT2D eigenvalue weighted by Gasteiger charge is 2.11. The molecule has 1 aliphatic rings. The van der Waals surface area contributed by atoms with Gasteiger partial charge >= 0.3 is 0 Å². The average molecular weight is 203 g/mol. The molecular weight excluding hydrogens is 186 g/mol. The summed E-state index contributed by atoms with van der Waals surface area (Å²) in [5.41, 5.74) is 2.49. The van der Waals surface area contributed by atoms with E-state index in [-0.39, 0.29) is 6.61 Å². The van der Waals surface area contributed by atoms with E-state index in [0.29, 0.717) is 0 Å². The molecule has 1 N–H and O–H groups in total. The molecule has 0 aliphatic carbocycles. The maximum Gasteiger partial charge on any atom is 0.0654 e. The van der Waals surface area contributed by atoms with Gasteiger partial charge in [-0.15, -0.1) is 0 Å². The monoisotopic (exact) mass is 203 g/mol. The summed E-state index contributed by atoms with van der Waals surface area (Å²) in [7, 11) is 0. The molecule has 15 heavy (non-hydrogen) atoms. The van der Waals surface area contributed by atoms with Gasteiger partial charge in [-0.25, -0.2) is 0 Å². The van der Waals surface area contributed by atoms with Gasteiger partial charge in [-0.2, -0.15) is 0 Å². The zero-order valence-electron chi connectivity index (χ0n) is 8.89. The highest BCUT2D eigenvalue weighted by Crippen LogP contribution is 2.12. The van der Waals surface area contributed by atoms with E-state index in [4.69, 9.17) is 5.11 Å². The molecule has 0 amide bonds. The molecule has 1 aliphatic heterocycles. The summed E-state index contributed by atoms with van der Waals surface area (Å²) < 4.78 is 0. The van der Waals surface area contributed by atoms with Gasteiger partial charge in [-0.05, 0) is 17.6 Å². The van der Waals surface area contributed by atoms with Crippen molar-refractivity contribution in [2.45, 2.75) is 13.0 Å². The van der Waals surface area contributed by atoms with Crippen LogP contribution in [0, 0.1) is 0 Å². The number of aliphatic hydroxyl groups excluding tert-OH is 1. The number of nitrogens with zero attached hydrogens (tertiary/aromatic N) is 1. The molecule has 0 spiro atoms. The topological polar surface area (TPSA) is 23.5 Å². The minimum Gasteiger partial charge on any atom is -0.392 e. The van der Waals surface area contributed by atoms with E-state index in [1.807, 2.05) is 6.07 Å². The second kappa shape index (κ2) is 5.10. The lowest BCUT2D eigenvalue weighted by Crippen LogP contribution is -2.30. The molecule has 2 heteroatoms. The smallest absolute Gasteiger partial charge is 0.0654 e. The molecule has 1 aromatic carbocycles. The van der Waals surface area contributed by atoms with Crippen molar-refractivity contribution in [3.05, 3.63) is 47.5 Å². The second-order valence-corrected chi connectivity index (χ2v) is 4.01. The minimum atomic E-state index is 0.200. The van der Waals surface area contributed by atoms with Crippen LogP contribution in [0.2, 0.25) is 0 Å². The van der Waals surface area contributed by atoms with Crippen LogP contribution in [-0.4, -0.2) is 29.7 Å². The Labute approximate surface area is 90.8 Å². The van der Waals surface area contributed by atoms with Crippen molar-refractivity contribution in [1.29, 1.82) is 0 Å². The molecule has 0 unspecified atom stereocenters. The Morgan fingerprint density at radius 1 is 1.20 bits per heavy atom. The van der Waals surface area contributed by atoms with Gasteiger partial charge < -0.3 is 5.11 Å². The summed E-state index contributed by atoms with van der Waals surface area (Å²) in [5.74, 6) is 0. The van der Waals surface area contributed by atoms with E-state index in [1.54, 1.807) is 0 Å². The fourth-order valence-electron chi connectivity index (χ4n) is 1.97. The van der Waals surface area contributed by atoms with E-state index in [9.17, 15) is 0 Å². The van der Waals surface area contributed by atoms with Crippen LogP contribution in [0.1, 0.15) is 12.0 Å². The van der Waals surface area contributed by atoms with Crippen LogP contribution in [0.5, 0.6) is 0 Å². The first-order valence-corrected chi connectivity index (χ1v) is 5.43. The Bertz CT molecular complexity index is 332. The molecule has 0 radical (unpaired) electrons. The lowest BCUT2D eigenvalue weighted by Gasteiger charge is -2.26. The van der Waals surface area contributed by atoms with Crippen molar-refractivity contribution in [3.63, 3.8) is 0 Å². The summed E-state index contributed by atoms with van der Waals surface area (Å²) >= 11 is 0. The van der Waals surface area contributed by atoms with E-state index < -0.39 is 0 Å². The van der Waals surface area contributed by atoms with Gasteiger partial charge in [0.15, 0.2) is 0 Å². The highest BCUT2D eigenvalue weighted by atomic mass is 16.3. The van der Waals surface area contributed by atoms with Gasteiger partial charge in [0.25, 0.3) is 0 Å². The number of hydrogen-bond acceptors (Lipinski definition) is 2. The molecule has 0 saturated heterocycles. The first-order chi connectivity index (χ1) is 7.38. The average Bonchev–Trinajstić information content (AvgIpc) is 2.31. The zero-order chi connectivity index (χ0) is 10.5. The quantitative estimate of drug-likeness (QED) is 0.757. The molecule has 0 saturated carbocycles. The van der Waals surface area contributed by atoms with Crippen molar-refractivity contribution in [3.8, 4) is 0 Å². The van der Waals surface area contributed by atoms with Gasteiger partial charge in [0.1, 0.15) is 0 Å². The Balaban J connectivity index is 1.94. The van der Waals surface area contributed by atoms with E-state index in [2.05, 4.69) is 35.2 Å². The maximum atomic E-state index is 9.08. The number of rotatable bonds is 3. The Morgan fingerprint density at radius 2 is 2.00 bits per heavy atom. The third-order valence-corrected chi connectivity index (χ3v) is 2.76. The number of hydrogen-bond donors (Lipinski definition) is 1. The molecule has 2 rings (SSSR count). The fraction of sp³-hybridized carbons (Fsp3) is 0.385. The van der Waals surface area contributed by atoms with Crippen LogP contribution in [0.3, 0.4) is 0 Å². The first kappa shape index (κ1) is 10.4. The summed E-state index contributed by atoms with van der Waals surface area (Å²) in [6.45, 7) is 3.19. The van der Waals surface area contributed by atoms with Crippen molar-refractivity contribution >= 4 is 0 Å². The minimum absolute atomic E-state index is 0.200. The van der Waals surface area contributed by atoms with Crippen LogP contribution >= 0.6 is 0 Å². The van der Waals surface area contributed by atoms with Gasteiger partial charge in [0.2, 0.25) is 0 Å². The predicted molar refractivity (Wildman–Crippen MR) is 61.5 cm³/mol. The zero-order valence-corrected chi connectivity index (χ0v) is 8.89. The number of aliphatic hydroxyl groups is 1. The Kier molecular flexibility index (Phi) is 3.54. The standard InChI is InChI=1S/C13H17NO/c15-11-13-7-4-8-14(10-13)9-12-5-2-1-3-6-12/h1-3,5-7,15H,4,8-11H2. The van der Waals surface area contributed by atoms with E-state index in [0.717, 1.165) is 31.6 Å². The van der Waals surface area contributed by atoms with Crippen molar-refractivity contribution < 1.29 is 5.11 Å². The molecule has 0 aromatic heterocycles. The van der Waals surface area contributed by atoms with Gasteiger partial charge in [0.05, 0.1) is 6.61 Å². The molecule has 0 atom stereocenters. The molecule has 80 valence electrons. The summed E-state index contributed by atoms with van der Waals surface area (Å²) in [6.07, 6.45) is 3.21. The van der Waals surface area contributed by atoms with Gasteiger partial charge in [-0.3, -0.25) is 4.90 Å². The highest BCUT2D eigenvalue weighted by molar-refractivity contribution is 5.16. The normalized spacial score (nSPS) is 17.5. The van der Waals surface area contributed by atoms with E-state index >= 15 is 0 Å². The molecule has 0 bridgehead atoms. The largest absolute Gasteiger partial charge is 0.392 e. The second-order valence-electron chi connectivity index (χ2n) is 4.01. The fourth-order valence-corrected chi connectivity index (χ4v) is 1.97. The maximum absolute atomic E-state index is 9.08. The molecule has 0 fully saturated rings. The number of benzene rings is 1. The van der Waals surface area contributed by atoms with Crippen molar-refractivity contribution in [1.82, 2.24) is 4.90 Å². The Hall–Kier alpha value is -1.12. The molecule has 2 nitrogen and oxygen atoms in total. The van der Waals surface area contributed by atoms with Gasteiger partial charge in [0, 0.05) is 19.6 Å². The van der Waals surface area contributed by atoms with Crippen molar-refractivity contribution in [2.24, 2.45) is 0 Å². The first-order valence-electron chi connectivity index (χ1n) is 5.43.